The quantitative estimate of drug-likeness (QED) is 0.612. The van der Waals surface area contributed by atoms with Crippen LogP contribution >= 0.6 is 0 Å². The van der Waals surface area contributed by atoms with Crippen LogP contribution in [-0.2, 0) is 4.79 Å². The van der Waals surface area contributed by atoms with E-state index in [9.17, 15) is 9.90 Å². The van der Waals surface area contributed by atoms with E-state index < -0.39 is 5.97 Å². The van der Waals surface area contributed by atoms with Crippen LogP contribution in [0.2, 0.25) is 0 Å². The summed E-state index contributed by atoms with van der Waals surface area (Å²) >= 11 is 0. The molecule has 6 nitrogen and oxygen atoms in total. The summed E-state index contributed by atoms with van der Waals surface area (Å²) < 4.78 is 21.3. The van der Waals surface area contributed by atoms with Gasteiger partial charge >= 0.3 is 5.97 Å². The maximum absolute atomic E-state index is 11.5. The van der Waals surface area contributed by atoms with Crippen LogP contribution in [0, 0.1) is 6.92 Å². The van der Waals surface area contributed by atoms with E-state index in [1.807, 2.05) is 19.1 Å². The van der Waals surface area contributed by atoms with Gasteiger partial charge in [0.2, 0.25) is 11.5 Å². The van der Waals surface area contributed by atoms with E-state index in [1.54, 1.807) is 24.3 Å². The van der Waals surface area contributed by atoms with Crippen molar-refractivity contribution in [3.05, 3.63) is 53.3 Å². The number of ether oxygens (including phenoxy) is 4. The molecule has 0 saturated carbocycles. The topological polar surface area (TPSA) is 74.2 Å². The zero-order chi connectivity index (χ0) is 18.4. The van der Waals surface area contributed by atoms with Crippen molar-refractivity contribution in [1.82, 2.24) is 0 Å². The van der Waals surface area contributed by atoms with Crippen LogP contribution in [0.25, 0.3) is 6.08 Å². The van der Waals surface area contributed by atoms with Crippen LogP contribution in [0.5, 0.6) is 23.0 Å². The van der Waals surface area contributed by atoms with Gasteiger partial charge in [-0.25, -0.2) is 4.79 Å². The molecule has 0 atom stereocenters. The number of rotatable bonds is 7. The van der Waals surface area contributed by atoms with Crippen molar-refractivity contribution in [3.63, 3.8) is 0 Å². The Labute approximate surface area is 146 Å². The van der Waals surface area contributed by atoms with Gasteiger partial charge in [-0.05, 0) is 42.8 Å². The van der Waals surface area contributed by atoms with Crippen molar-refractivity contribution in [2.24, 2.45) is 0 Å². The second-order valence-corrected chi connectivity index (χ2v) is 5.19. The molecule has 0 aliphatic carbocycles. The number of benzene rings is 2. The number of carbonyl (C=O) groups is 1. The molecule has 0 aromatic heterocycles. The average Bonchev–Trinajstić information content (AvgIpc) is 2.61. The van der Waals surface area contributed by atoms with Crippen LogP contribution in [-0.4, -0.2) is 32.4 Å². The molecule has 0 radical (unpaired) electrons. The molecule has 2 rings (SSSR count). The Morgan fingerprint density at radius 2 is 1.52 bits per heavy atom. The minimum absolute atomic E-state index is 0.224. The highest BCUT2D eigenvalue weighted by Crippen LogP contribution is 2.38. The van der Waals surface area contributed by atoms with Crippen molar-refractivity contribution in [2.45, 2.75) is 6.92 Å². The minimum atomic E-state index is -1.19. The van der Waals surface area contributed by atoms with E-state index in [0.29, 0.717) is 28.6 Å². The second-order valence-electron chi connectivity index (χ2n) is 5.19. The Kier molecular flexibility index (Phi) is 5.89. The van der Waals surface area contributed by atoms with Crippen LogP contribution in [0.3, 0.4) is 0 Å². The van der Waals surface area contributed by atoms with Gasteiger partial charge in [0.15, 0.2) is 11.5 Å². The van der Waals surface area contributed by atoms with E-state index in [0.717, 1.165) is 5.56 Å². The summed E-state index contributed by atoms with van der Waals surface area (Å²) in [5.74, 6) is 0.305. The first kappa shape index (κ1) is 18.2. The third kappa shape index (κ3) is 4.44. The van der Waals surface area contributed by atoms with Crippen molar-refractivity contribution < 1.29 is 28.8 Å². The maximum Gasteiger partial charge on any atom is 0.371 e. The van der Waals surface area contributed by atoms with Gasteiger partial charge in [-0.15, -0.1) is 0 Å². The van der Waals surface area contributed by atoms with Crippen LogP contribution < -0.4 is 18.9 Å². The zero-order valence-corrected chi connectivity index (χ0v) is 14.5. The highest BCUT2D eigenvalue weighted by molar-refractivity contribution is 5.90. The Morgan fingerprint density at radius 3 is 1.96 bits per heavy atom. The summed E-state index contributed by atoms with van der Waals surface area (Å²) in [7, 11) is 4.48. The first-order valence-electron chi connectivity index (χ1n) is 7.48. The number of hydrogen-bond donors (Lipinski definition) is 1. The second kappa shape index (κ2) is 8.10. The summed E-state index contributed by atoms with van der Waals surface area (Å²) in [6.45, 7) is 1.94. The molecule has 0 heterocycles. The highest BCUT2D eigenvalue weighted by Gasteiger charge is 2.15. The lowest BCUT2D eigenvalue weighted by Gasteiger charge is -2.13. The lowest BCUT2D eigenvalue weighted by Crippen LogP contribution is -2.07. The molecule has 0 saturated heterocycles. The van der Waals surface area contributed by atoms with Crippen molar-refractivity contribution >= 4 is 12.0 Å². The first-order chi connectivity index (χ1) is 12.0. The van der Waals surface area contributed by atoms with Crippen LogP contribution in [0.4, 0.5) is 0 Å². The Balaban J connectivity index is 2.42. The van der Waals surface area contributed by atoms with Gasteiger partial charge in [0.25, 0.3) is 0 Å². The zero-order valence-electron chi connectivity index (χ0n) is 14.5. The number of carboxylic acid groups (broad SMARTS) is 1. The van der Waals surface area contributed by atoms with E-state index >= 15 is 0 Å². The third-order valence-electron chi connectivity index (χ3n) is 3.44. The molecule has 0 bridgehead atoms. The molecule has 2 aromatic carbocycles. The average molecular weight is 344 g/mol. The van der Waals surface area contributed by atoms with Crippen molar-refractivity contribution in [3.8, 4) is 23.0 Å². The predicted octanol–water partition coefficient (Wildman–Crippen LogP) is 3.53. The van der Waals surface area contributed by atoms with Crippen LogP contribution in [0.15, 0.2) is 42.2 Å². The molecule has 25 heavy (non-hydrogen) atoms. The van der Waals surface area contributed by atoms with Gasteiger partial charge in [0.05, 0.1) is 21.3 Å². The molecular weight excluding hydrogens is 324 g/mol. The number of methoxy groups -OCH3 is 3. The molecule has 6 heteroatoms. The van der Waals surface area contributed by atoms with Gasteiger partial charge in [-0.3, -0.25) is 0 Å². The molecule has 0 unspecified atom stereocenters. The molecule has 0 aliphatic heterocycles. The molecule has 0 spiro atoms. The highest BCUT2D eigenvalue weighted by atomic mass is 16.5. The van der Waals surface area contributed by atoms with Crippen LogP contribution in [0.1, 0.15) is 11.1 Å². The third-order valence-corrected chi connectivity index (χ3v) is 3.44. The Hall–Kier alpha value is -3.15. The normalized spacial score (nSPS) is 11.0. The number of aliphatic carboxylic acids is 1. The molecule has 0 amide bonds. The molecule has 2 aromatic rings. The van der Waals surface area contributed by atoms with E-state index in [-0.39, 0.29) is 5.76 Å². The molecule has 1 N–H and O–H groups in total. The fraction of sp³-hybridized carbons (Fsp3) is 0.211. The summed E-state index contributed by atoms with van der Waals surface area (Å²) in [5, 5.41) is 9.42. The SMILES string of the molecule is COc1cc(C=C(Oc2ccc(C)cc2)C(=O)O)cc(OC)c1OC. The number of carboxylic acids is 1. The predicted molar refractivity (Wildman–Crippen MR) is 93.5 cm³/mol. The summed E-state index contributed by atoms with van der Waals surface area (Å²) in [5.41, 5.74) is 1.59. The maximum atomic E-state index is 11.5. The molecule has 0 fully saturated rings. The van der Waals surface area contributed by atoms with Crippen molar-refractivity contribution in [2.75, 3.05) is 21.3 Å². The van der Waals surface area contributed by atoms with E-state index in [1.165, 1.54) is 27.4 Å². The summed E-state index contributed by atoms with van der Waals surface area (Å²) in [4.78, 5) is 11.5. The van der Waals surface area contributed by atoms with Crippen molar-refractivity contribution in [1.29, 1.82) is 0 Å². The fourth-order valence-electron chi connectivity index (χ4n) is 2.20. The Bertz CT molecular complexity index is 752. The Morgan fingerprint density at radius 1 is 0.960 bits per heavy atom. The monoisotopic (exact) mass is 344 g/mol. The van der Waals surface area contributed by atoms with Gasteiger partial charge in [-0.1, -0.05) is 17.7 Å². The van der Waals surface area contributed by atoms with Gasteiger partial charge < -0.3 is 24.1 Å². The van der Waals surface area contributed by atoms with Gasteiger partial charge in [0.1, 0.15) is 5.75 Å². The molecule has 0 aliphatic rings. The summed E-state index contributed by atoms with van der Waals surface area (Å²) in [6.07, 6.45) is 1.40. The van der Waals surface area contributed by atoms with Gasteiger partial charge in [-0.2, -0.15) is 0 Å². The molecule has 132 valence electrons. The lowest BCUT2D eigenvalue weighted by molar-refractivity contribution is -0.134. The minimum Gasteiger partial charge on any atom is -0.493 e. The van der Waals surface area contributed by atoms with E-state index in [2.05, 4.69) is 0 Å². The smallest absolute Gasteiger partial charge is 0.371 e. The fourth-order valence-corrected chi connectivity index (χ4v) is 2.20. The largest absolute Gasteiger partial charge is 0.493 e. The number of aryl methyl sites for hydroxylation is 1. The lowest BCUT2D eigenvalue weighted by atomic mass is 10.1. The van der Waals surface area contributed by atoms with E-state index in [4.69, 9.17) is 18.9 Å². The standard InChI is InChI=1S/C19H20O6/c1-12-5-7-14(8-6-12)25-17(19(20)21)11-13-9-15(22-2)18(24-4)16(10-13)23-3/h5-11H,1-4H3,(H,20,21). The molecular formula is C19H20O6. The first-order valence-corrected chi connectivity index (χ1v) is 7.48. The van der Waals surface area contributed by atoms with Gasteiger partial charge in [0, 0.05) is 0 Å². The number of hydrogen-bond acceptors (Lipinski definition) is 5. The summed E-state index contributed by atoms with van der Waals surface area (Å²) in [6, 6.07) is 10.4.